The van der Waals surface area contributed by atoms with Gasteiger partial charge in [-0.3, -0.25) is 0 Å². The predicted molar refractivity (Wildman–Crippen MR) is 114 cm³/mol. The van der Waals surface area contributed by atoms with Crippen molar-refractivity contribution in [1.29, 1.82) is 0 Å². The van der Waals surface area contributed by atoms with Crippen LogP contribution in [0.15, 0.2) is 66.7 Å². The number of esters is 1. The van der Waals surface area contributed by atoms with Crippen LogP contribution in [-0.4, -0.2) is 19.2 Å². The minimum Gasteiger partial charge on any atom is -0.497 e. The molecular weight excluding hydrogens is 350 g/mol. The number of rotatable bonds is 7. The Morgan fingerprint density at radius 2 is 1.68 bits per heavy atom. The van der Waals surface area contributed by atoms with Crippen molar-refractivity contribution in [2.24, 2.45) is 0 Å². The van der Waals surface area contributed by atoms with Crippen LogP contribution in [0, 0.1) is 0 Å². The number of ether oxygens (including phenoxy) is 2. The number of nitrogens with one attached hydrogen (secondary N) is 1. The van der Waals surface area contributed by atoms with Crippen LogP contribution in [0.25, 0.3) is 10.8 Å². The lowest BCUT2D eigenvalue weighted by Gasteiger charge is -2.34. The monoisotopic (exact) mass is 377 g/mol. The third-order valence-electron chi connectivity index (χ3n) is 4.91. The van der Waals surface area contributed by atoms with Crippen LogP contribution >= 0.6 is 0 Å². The van der Waals surface area contributed by atoms with Crippen molar-refractivity contribution in [3.8, 4) is 5.75 Å². The molecule has 1 N–H and O–H groups in total. The first-order valence-corrected chi connectivity index (χ1v) is 9.61. The first-order chi connectivity index (χ1) is 13.5. The van der Waals surface area contributed by atoms with Gasteiger partial charge < -0.3 is 14.8 Å². The Bertz CT molecular complexity index is 949. The molecule has 4 heteroatoms. The maximum Gasteiger partial charge on any atom is 0.336 e. The number of fused-ring (bicyclic) bond motifs is 1. The number of anilines is 1. The highest BCUT2D eigenvalue weighted by atomic mass is 16.5. The number of carbonyl (C=O) groups is 1. The van der Waals surface area contributed by atoms with Gasteiger partial charge in [0, 0.05) is 5.69 Å². The van der Waals surface area contributed by atoms with Crippen molar-refractivity contribution >= 4 is 22.4 Å². The van der Waals surface area contributed by atoms with Crippen LogP contribution in [-0.2, 0) is 15.1 Å². The van der Waals surface area contributed by atoms with Crippen molar-refractivity contribution < 1.29 is 14.3 Å². The van der Waals surface area contributed by atoms with Gasteiger partial charge in [-0.25, -0.2) is 4.79 Å². The van der Waals surface area contributed by atoms with Crippen molar-refractivity contribution in [2.75, 3.05) is 12.4 Å². The summed E-state index contributed by atoms with van der Waals surface area (Å²) in [5, 5.41) is 5.68. The molecule has 0 heterocycles. The molecule has 4 nitrogen and oxygen atoms in total. The molecule has 3 rings (SSSR count). The van der Waals surface area contributed by atoms with Gasteiger partial charge in [-0.2, -0.15) is 0 Å². The molecule has 28 heavy (non-hydrogen) atoms. The van der Waals surface area contributed by atoms with Gasteiger partial charge >= 0.3 is 5.97 Å². The molecule has 146 valence electrons. The van der Waals surface area contributed by atoms with Gasteiger partial charge in [0.25, 0.3) is 0 Å². The Hall–Kier alpha value is -3.01. The Kier molecular flexibility index (Phi) is 5.88. The van der Waals surface area contributed by atoms with Gasteiger partial charge in [-0.15, -0.1) is 0 Å². The molecule has 0 spiro atoms. The second kappa shape index (κ2) is 8.34. The SMILES string of the molecule is CC[C@@](Nc1ccc(OC)cc1)(C(=O)OC(C)C)c1ccc2ccccc2c1. The zero-order chi connectivity index (χ0) is 20.1. The first kappa shape index (κ1) is 19.7. The van der Waals surface area contributed by atoms with Crippen LogP contribution < -0.4 is 10.1 Å². The fraction of sp³-hybridized carbons (Fsp3) is 0.292. The average molecular weight is 377 g/mol. The van der Waals surface area contributed by atoms with Crippen LogP contribution in [0.2, 0.25) is 0 Å². The van der Waals surface area contributed by atoms with Crippen LogP contribution in [0.3, 0.4) is 0 Å². The maximum atomic E-state index is 13.3. The molecule has 0 amide bonds. The average Bonchev–Trinajstić information content (AvgIpc) is 2.71. The van der Waals surface area contributed by atoms with Crippen LogP contribution in [0.4, 0.5) is 5.69 Å². The third kappa shape index (κ3) is 3.96. The molecule has 0 saturated heterocycles. The smallest absolute Gasteiger partial charge is 0.336 e. The van der Waals surface area contributed by atoms with Crippen molar-refractivity contribution in [3.05, 3.63) is 72.3 Å². The molecule has 1 atom stereocenters. The molecule has 0 radical (unpaired) electrons. The largest absolute Gasteiger partial charge is 0.497 e. The van der Waals surface area contributed by atoms with Gasteiger partial charge in [-0.05, 0) is 66.9 Å². The third-order valence-corrected chi connectivity index (χ3v) is 4.91. The van der Waals surface area contributed by atoms with E-state index in [9.17, 15) is 4.79 Å². The normalized spacial score (nSPS) is 13.2. The molecule has 0 bridgehead atoms. The number of carbonyl (C=O) groups excluding carboxylic acids is 1. The summed E-state index contributed by atoms with van der Waals surface area (Å²) in [6.07, 6.45) is 0.347. The zero-order valence-electron chi connectivity index (χ0n) is 16.9. The van der Waals surface area contributed by atoms with Crippen molar-refractivity contribution in [1.82, 2.24) is 0 Å². The van der Waals surface area contributed by atoms with E-state index >= 15 is 0 Å². The molecule has 3 aromatic carbocycles. The Morgan fingerprint density at radius 1 is 1.00 bits per heavy atom. The van der Waals surface area contributed by atoms with Crippen molar-refractivity contribution in [2.45, 2.75) is 38.8 Å². The van der Waals surface area contributed by atoms with Gasteiger partial charge in [-0.1, -0.05) is 43.3 Å². The highest BCUT2D eigenvalue weighted by Gasteiger charge is 2.41. The summed E-state index contributed by atoms with van der Waals surface area (Å²) < 4.78 is 10.9. The number of benzene rings is 3. The highest BCUT2D eigenvalue weighted by Crippen LogP contribution is 2.34. The van der Waals surface area contributed by atoms with E-state index in [-0.39, 0.29) is 12.1 Å². The Labute approximate surface area is 166 Å². The molecule has 0 aliphatic rings. The Morgan fingerprint density at radius 3 is 2.29 bits per heavy atom. The summed E-state index contributed by atoms with van der Waals surface area (Å²) in [6.45, 7) is 5.73. The van der Waals surface area contributed by atoms with E-state index in [2.05, 4.69) is 23.5 Å². The summed E-state index contributed by atoms with van der Waals surface area (Å²) >= 11 is 0. The summed E-state index contributed by atoms with van der Waals surface area (Å²) in [7, 11) is 1.63. The molecule has 0 fully saturated rings. The minimum absolute atomic E-state index is 0.198. The fourth-order valence-corrected chi connectivity index (χ4v) is 3.37. The Balaban J connectivity index is 2.08. The molecule has 0 unspecified atom stereocenters. The topological polar surface area (TPSA) is 47.6 Å². The fourth-order valence-electron chi connectivity index (χ4n) is 3.37. The zero-order valence-corrected chi connectivity index (χ0v) is 16.9. The van der Waals surface area contributed by atoms with Crippen molar-refractivity contribution in [3.63, 3.8) is 0 Å². The van der Waals surface area contributed by atoms with E-state index in [1.807, 2.05) is 69.3 Å². The summed E-state index contributed by atoms with van der Waals surface area (Å²) in [6, 6.07) is 21.8. The molecule has 0 aliphatic heterocycles. The molecule has 0 aromatic heterocycles. The molecule has 0 saturated carbocycles. The second-order valence-electron chi connectivity index (χ2n) is 7.13. The van der Waals surface area contributed by atoms with E-state index in [0.717, 1.165) is 27.8 Å². The van der Waals surface area contributed by atoms with E-state index < -0.39 is 5.54 Å². The lowest BCUT2D eigenvalue weighted by atomic mass is 9.85. The standard InChI is InChI=1S/C24H27NO3/c1-5-24(23(26)28-17(2)3,25-21-12-14-22(27-4)15-13-21)20-11-10-18-8-6-7-9-19(18)16-20/h6-17,25H,5H2,1-4H3/t24-/m0/s1. The number of hydrogen-bond acceptors (Lipinski definition) is 4. The molecule has 0 aliphatic carbocycles. The summed E-state index contributed by atoms with van der Waals surface area (Å²) in [5.74, 6) is 0.485. The van der Waals surface area contributed by atoms with Gasteiger partial charge in [0.2, 0.25) is 0 Å². The van der Waals surface area contributed by atoms with E-state index in [4.69, 9.17) is 9.47 Å². The summed E-state index contributed by atoms with van der Waals surface area (Å²) in [4.78, 5) is 13.3. The quantitative estimate of drug-likeness (QED) is 0.551. The van der Waals surface area contributed by atoms with E-state index in [1.165, 1.54) is 0 Å². The van der Waals surface area contributed by atoms with Gasteiger partial charge in [0.1, 0.15) is 5.75 Å². The lowest BCUT2D eigenvalue weighted by Crippen LogP contribution is -2.45. The number of methoxy groups -OCH3 is 1. The van der Waals surface area contributed by atoms with Gasteiger partial charge in [0.15, 0.2) is 5.54 Å². The van der Waals surface area contributed by atoms with Crippen LogP contribution in [0.1, 0.15) is 32.8 Å². The highest BCUT2D eigenvalue weighted by molar-refractivity contribution is 5.90. The maximum absolute atomic E-state index is 13.3. The lowest BCUT2D eigenvalue weighted by molar-refractivity contribution is -0.153. The predicted octanol–water partition coefficient (Wildman–Crippen LogP) is 5.52. The van der Waals surface area contributed by atoms with Gasteiger partial charge in [0.05, 0.1) is 13.2 Å². The van der Waals surface area contributed by atoms with Crippen LogP contribution in [0.5, 0.6) is 5.75 Å². The summed E-state index contributed by atoms with van der Waals surface area (Å²) in [5.41, 5.74) is 0.731. The minimum atomic E-state index is -0.983. The van der Waals surface area contributed by atoms with E-state index in [1.54, 1.807) is 7.11 Å². The number of hydrogen-bond donors (Lipinski definition) is 1. The molecular formula is C24H27NO3. The second-order valence-corrected chi connectivity index (χ2v) is 7.13. The molecule has 3 aromatic rings. The van der Waals surface area contributed by atoms with E-state index in [0.29, 0.717) is 6.42 Å². The first-order valence-electron chi connectivity index (χ1n) is 9.61.